The van der Waals surface area contributed by atoms with Crippen LogP contribution in [0, 0.1) is 11.8 Å². The molecule has 1 aromatic carbocycles. The summed E-state index contributed by atoms with van der Waals surface area (Å²) in [4.78, 5) is 13.2. The second kappa shape index (κ2) is 6.60. The summed E-state index contributed by atoms with van der Waals surface area (Å²) in [6.45, 7) is 0.862. The molecule has 5 nitrogen and oxygen atoms in total. The zero-order valence-electron chi connectivity index (χ0n) is 12.4. The van der Waals surface area contributed by atoms with Crippen molar-refractivity contribution in [3.63, 3.8) is 0 Å². The molecule has 1 aromatic rings. The lowest BCUT2D eigenvalue weighted by molar-refractivity contribution is -0.143. The summed E-state index contributed by atoms with van der Waals surface area (Å²) >= 11 is 4.55. The van der Waals surface area contributed by atoms with Crippen molar-refractivity contribution in [2.24, 2.45) is 16.9 Å². The molecule has 22 heavy (non-hydrogen) atoms. The van der Waals surface area contributed by atoms with Gasteiger partial charge in [-0.1, -0.05) is 30.3 Å². The first-order valence-corrected chi connectivity index (χ1v) is 8.23. The Morgan fingerprint density at radius 2 is 1.95 bits per heavy atom. The highest BCUT2D eigenvalue weighted by Gasteiger charge is 2.31. The molecule has 0 spiro atoms. The minimum atomic E-state index is -0.653. The third-order valence-corrected chi connectivity index (χ3v) is 4.93. The van der Waals surface area contributed by atoms with Crippen LogP contribution < -0.4 is 5.43 Å². The molecule has 1 unspecified atom stereocenters. The number of hydrazone groups is 1. The van der Waals surface area contributed by atoms with Gasteiger partial charge in [-0.05, 0) is 31.6 Å². The Morgan fingerprint density at radius 3 is 2.59 bits per heavy atom. The van der Waals surface area contributed by atoms with Gasteiger partial charge in [-0.3, -0.25) is 10.2 Å². The number of thiol groups is 1. The summed E-state index contributed by atoms with van der Waals surface area (Å²) in [6.07, 6.45) is 3.46. The third-order valence-electron chi connectivity index (χ3n) is 4.54. The maximum Gasteiger partial charge on any atom is 0.306 e. The van der Waals surface area contributed by atoms with Crippen molar-refractivity contribution in [3.8, 4) is 0 Å². The fourth-order valence-corrected chi connectivity index (χ4v) is 3.50. The first-order chi connectivity index (χ1) is 10.6. The summed E-state index contributed by atoms with van der Waals surface area (Å²) in [5.41, 5.74) is 3.98. The van der Waals surface area contributed by atoms with E-state index < -0.39 is 5.97 Å². The second-order valence-corrected chi connectivity index (χ2v) is 6.50. The van der Waals surface area contributed by atoms with Crippen molar-refractivity contribution in [2.45, 2.75) is 31.2 Å². The van der Waals surface area contributed by atoms with Crippen LogP contribution in [0.5, 0.6) is 0 Å². The number of amidine groups is 1. The number of hydrogen-bond acceptors (Lipinski definition) is 5. The summed E-state index contributed by atoms with van der Waals surface area (Å²) in [5, 5.41) is 13.5. The van der Waals surface area contributed by atoms with Crippen molar-refractivity contribution in [1.29, 1.82) is 0 Å². The van der Waals surface area contributed by atoms with Gasteiger partial charge >= 0.3 is 5.97 Å². The van der Waals surface area contributed by atoms with Gasteiger partial charge in [-0.25, -0.2) is 0 Å². The van der Waals surface area contributed by atoms with Crippen LogP contribution in [0.3, 0.4) is 0 Å². The molecule has 0 aromatic heterocycles. The number of nitrogens with zero attached hydrogens (tertiary/aromatic N) is 2. The van der Waals surface area contributed by atoms with Crippen LogP contribution in [0.4, 0.5) is 0 Å². The molecular weight excluding hydrogens is 298 g/mol. The smallest absolute Gasteiger partial charge is 0.306 e. The van der Waals surface area contributed by atoms with Crippen molar-refractivity contribution in [3.05, 3.63) is 35.9 Å². The number of rotatable bonds is 4. The normalized spacial score (nSPS) is 28.1. The Hall–Kier alpha value is -1.69. The zero-order valence-corrected chi connectivity index (χ0v) is 13.2. The number of carboxylic acid groups (broad SMARTS) is 1. The predicted octanol–water partition coefficient (Wildman–Crippen LogP) is 2.36. The van der Waals surface area contributed by atoms with Crippen LogP contribution in [-0.4, -0.2) is 33.9 Å². The lowest BCUT2D eigenvalue weighted by Crippen LogP contribution is -2.41. The van der Waals surface area contributed by atoms with Gasteiger partial charge < -0.3 is 10.0 Å². The average Bonchev–Trinajstić information content (AvgIpc) is 2.90. The molecule has 0 amide bonds. The molecule has 118 valence electrons. The van der Waals surface area contributed by atoms with Crippen LogP contribution in [0.2, 0.25) is 0 Å². The van der Waals surface area contributed by atoms with E-state index >= 15 is 0 Å². The lowest BCUT2D eigenvalue weighted by Gasteiger charge is -2.32. The largest absolute Gasteiger partial charge is 0.481 e. The van der Waals surface area contributed by atoms with Crippen LogP contribution in [0.15, 0.2) is 35.4 Å². The first kappa shape index (κ1) is 15.2. The number of nitrogens with one attached hydrogen (secondary N) is 1. The van der Waals surface area contributed by atoms with Crippen LogP contribution in [0.25, 0.3) is 0 Å². The Kier molecular flexibility index (Phi) is 4.57. The highest BCUT2D eigenvalue weighted by atomic mass is 32.1. The van der Waals surface area contributed by atoms with Gasteiger partial charge in [0.05, 0.1) is 5.92 Å². The van der Waals surface area contributed by atoms with E-state index in [-0.39, 0.29) is 11.4 Å². The minimum Gasteiger partial charge on any atom is -0.481 e. The monoisotopic (exact) mass is 319 g/mol. The molecule has 1 fully saturated rings. The molecule has 0 radical (unpaired) electrons. The molecule has 6 heteroatoms. The first-order valence-electron chi connectivity index (χ1n) is 7.71. The fraction of sp³-hybridized carbons (Fsp3) is 0.500. The van der Waals surface area contributed by atoms with Crippen molar-refractivity contribution >= 4 is 24.4 Å². The predicted molar refractivity (Wildman–Crippen MR) is 88.7 cm³/mol. The SMILES string of the molecule is O=C(O)C1CCC(CN2C(c3ccccc3)=NNC2S)CC1. The molecule has 0 bridgehead atoms. The third kappa shape index (κ3) is 3.21. The lowest BCUT2D eigenvalue weighted by atomic mass is 9.82. The molecule has 1 saturated carbocycles. The summed E-state index contributed by atoms with van der Waals surface area (Å²) < 4.78 is 0. The van der Waals surface area contributed by atoms with E-state index in [1.54, 1.807) is 0 Å². The van der Waals surface area contributed by atoms with E-state index in [1.807, 2.05) is 30.3 Å². The maximum atomic E-state index is 11.0. The van der Waals surface area contributed by atoms with E-state index in [1.165, 1.54) is 0 Å². The van der Waals surface area contributed by atoms with Crippen LogP contribution >= 0.6 is 12.6 Å². The van der Waals surface area contributed by atoms with Gasteiger partial charge in [-0.2, -0.15) is 5.10 Å². The Morgan fingerprint density at radius 1 is 1.27 bits per heavy atom. The van der Waals surface area contributed by atoms with E-state index in [0.717, 1.165) is 43.6 Å². The van der Waals surface area contributed by atoms with Gasteiger partial charge in [0.2, 0.25) is 0 Å². The van der Waals surface area contributed by atoms with Gasteiger partial charge in [-0.15, -0.1) is 12.6 Å². The van der Waals surface area contributed by atoms with Crippen molar-refractivity contribution < 1.29 is 9.90 Å². The molecule has 1 atom stereocenters. The topological polar surface area (TPSA) is 64.9 Å². The van der Waals surface area contributed by atoms with Crippen molar-refractivity contribution in [1.82, 2.24) is 10.3 Å². The van der Waals surface area contributed by atoms with E-state index in [9.17, 15) is 4.79 Å². The maximum absolute atomic E-state index is 11.0. The van der Waals surface area contributed by atoms with Gasteiger partial charge in [0.25, 0.3) is 0 Å². The Bertz CT molecular complexity index is 556. The average molecular weight is 319 g/mol. The molecule has 1 aliphatic carbocycles. The molecule has 2 N–H and O–H groups in total. The van der Waals surface area contributed by atoms with E-state index in [4.69, 9.17) is 5.11 Å². The van der Waals surface area contributed by atoms with Crippen molar-refractivity contribution in [2.75, 3.05) is 6.54 Å². The second-order valence-electron chi connectivity index (χ2n) is 6.01. The van der Waals surface area contributed by atoms with E-state index in [2.05, 4.69) is 28.1 Å². The number of hydrogen-bond donors (Lipinski definition) is 3. The molecule has 3 rings (SSSR count). The quantitative estimate of drug-likeness (QED) is 0.746. The fourth-order valence-electron chi connectivity index (χ4n) is 3.24. The zero-order chi connectivity index (χ0) is 15.5. The molecule has 2 aliphatic rings. The van der Waals surface area contributed by atoms with Gasteiger partial charge in [0.1, 0.15) is 0 Å². The number of carbonyl (C=O) groups is 1. The minimum absolute atomic E-state index is 0.118. The highest BCUT2D eigenvalue weighted by Crippen LogP contribution is 2.31. The summed E-state index contributed by atoms with van der Waals surface area (Å²) in [5.74, 6) is 0.599. The standard InChI is InChI=1S/C16H21N3O2S/c20-15(21)13-8-6-11(7-9-13)10-19-14(17-18-16(19)22)12-4-2-1-3-5-12/h1-5,11,13,16,18,22H,6-10H2,(H,20,21). The summed E-state index contributed by atoms with van der Waals surface area (Å²) in [7, 11) is 0. The van der Waals surface area contributed by atoms with Crippen LogP contribution in [-0.2, 0) is 4.79 Å². The van der Waals surface area contributed by atoms with Gasteiger partial charge in [0.15, 0.2) is 11.3 Å². The van der Waals surface area contributed by atoms with E-state index in [0.29, 0.717) is 5.92 Å². The van der Waals surface area contributed by atoms with Crippen LogP contribution in [0.1, 0.15) is 31.2 Å². The highest BCUT2D eigenvalue weighted by molar-refractivity contribution is 7.80. The summed E-state index contributed by atoms with van der Waals surface area (Å²) in [6, 6.07) is 10.1. The molecule has 1 aliphatic heterocycles. The Labute approximate surface area is 135 Å². The molecule has 0 saturated heterocycles. The number of aliphatic carboxylic acids is 1. The number of carboxylic acids is 1. The molecular formula is C16H21N3O2S. The number of benzene rings is 1. The molecule has 1 heterocycles. The van der Waals surface area contributed by atoms with Gasteiger partial charge in [0, 0.05) is 12.1 Å². The Balaban J connectivity index is 1.64.